The topological polar surface area (TPSA) is 57.6 Å². The summed E-state index contributed by atoms with van der Waals surface area (Å²) in [5.41, 5.74) is 2.33. The molecule has 1 unspecified atom stereocenters. The van der Waals surface area contributed by atoms with Crippen molar-refractivity contribution >= 4 is 15.7 Å². The van der Waals surface area contributed by atoms with Crippen molar-refractivity contribution in [2.24, 2.45) is 5.92 Å². The van der Waals surface area contributed by atoms with Crippen LogP contribution in [-0.4, -0.2) is 32.4 Å². The van der Waals surface area contributed by atoms with E-state index in [1.807, 2.05) is 26.0 Å². The van der Waals surface area contributed by atoms with Gasteiger partial charge in [0.25, 0.3) is 0 Å². The van der Waals surface area contributed by atoms with Crippen LogP contribution in [0.1, 0.15) is 18.1 Å². The van der Waals surface area contributed by atoms with Crippen LogP contribution in [0, 0.1) is 24.7 Å². The molecule has 1 aromatic rings. The third kappa shape index (κ3) is 3.09. The minimum absolute atomic E-state index is 0.137. The van der Waals surface area contributed by atoms with Crippen molar-refractivity contribution in [2.45, 2.75) is 13.8 Å². The summed E-state index contributed by atoms with van der Waals surface area (Å²) in [7, 11) is -3.21. The molecule has 102 valence electrons. The Morgan fingerprint density at radius 1 is 1.42 bits per heavy atom. The number of aliphatic hydroxyl groups excluding tert-OH is 1. The van der Waals surface area contributed by atoms with Crippen molar-refractivity contribution in [2.75, 3.05) is 23.2 Å². The van der Waals surface area contributed by atoms with E-state index < -0.39 is 10.0 Å². The second-order valence-corrected chi connectivity index (χ2v) is 6.87. The quantitative estimate of drug-likeness (QED) is 0.784. The standard InChI is InChI=1S/C14H17NO3S/c1-11-6-13(4-3-5-16)8-14(7-11)15-9-12(2)10-19(15,17)18/h6-8,12,16H,5,9-10H2,1-2H3. The first kappa shape index (κ1) is 13.9. The molecule has 0 spiro atoms. The summed E-state index contributed by atoms with van der Waals surface area (Å²) in [6.07, 6.45) is 0. The average Bonchev–Trinajstić information content (AvgIpc) is 2.59. The molecule has 1 saturated heterocycles. The average molecular weight is 279 g/mol. The van der Waals surface area contributed by atoms with Gasteiger partial charge in [0.1, 0.15) is 6.61 Å². The molecule has 0 bridgehead atoms. The van der Waals surface area contributed by atoms with Crippen molar-refractivity contribution in [3.05, 3.63) is 29.3 Å². The van der Waals surface area contributed by atoms with Crippen molar-refractivity contribution in [3.63, 3.8) is 0 Å². The lowest BCUT2D eigenvalue weighted by Crippen LogP contribution is -2.25. The summed E-state index contributed by atoms with van der Waals surface area (Å²) in [4.78, 5) is 0. The molecular weight excluding hydrogens is 262 g/mol. The predicted molar refractivity (Wildman–Crippen MR) is 75.4 cm³/mol. The van der Waals surface area contributed by atoms with E-state index in [9.17, 15) is 8.42 Å². The second kappa shape index (κ2) is 5.24. The van der Waals surface area contributed by atoms with Gasteiger partial charge >= 0.3 is 0 Å². The maximum Gasteiger partial charge on any atom is 0.235 e. The summed E-state index contributed by atoms with van der Waals surface area (Å²) in [5, 5.41) is 8.72. The Morgan fingerprint density at radius 2 is 2.16 bits per heavy atom. The molecule has 5 heteroatoms. The fourth-order valence-electron chi connectivity index (χ4n) is 2.29. The molecule has 0 aliphatic carbocycles. The van der Waals surface area contributed by atoms with Gasteiger partial charge in [-0.15, -0.1) is 0 Å². The first-order valence-electron chi connectivity index (χ1n) is 6.14. The first-order valence-corrected chi connectivity index (χ1v) is 7.75. The number of aryl methyl sites for hydroxylation is 1. The van der Waals surface area contributed by atoms with Gasteiger partial charge in [0.15, 0.2) is 0 Å². The molecule has 0 saturated carbocycles. The maximum absolute atomic E-state index is 12.1. The Kier molecular flexibility index (Phi) is 3.83. The SMILES string of the molecule is Cc1cc(C#CCO)cc(N2CC(C)CS2(=O)=O)c1. The lowest BCUT2D eigenvalue weighted by atomic mass is 10.1. The van der Waals surface area contributed by atoms with Crippen LogP contribution in [0.25, 0.3) is 0 Å². The Hall–Kier alpha value is -1.51. The maximum atomic E-state index is 12.1. The van der Waals surface area contributed by atoms with Gasteiger partial charge in [-0.1, -0.05) is 18.8 Å². The van der Waals surface area contributed by atoms with E-state index in [0.717, 1.165) is 11.1 Å². The predicted octanol–water partition coefficient (Wildman–Crippen LogP) is 1.12. The monoisotopic (exact) mass is 279 g/mol. The van der Waals surface area contributed by atoms with Crippen LogP contribution < -0.4 is 4.31 Å². The largest absolute Gasteiger partial charge is 0.384 e. The lowest BCUT2D eigenvalue weighted by molar-refractivity contribution is 0.350. The van der Waals surface area contributed by atoms with Gasteiger partial charge in [-0.2, -0.15) is 0 Å². The molecule has 0 aromatic heterocycles. The van der Waals surface area contributed by atoms with Gasteiger partial charge in [0.05, 0.1) is 11.4 Å². The minimum atomic E-state index is -3.21. The van der Waals surface area contributed by atoms with Crippen LogP contribution in [0.5, 0.6) is 0 Å². The lowest BCUT2D eigenvalue weighted by Gasteiger charge is -2.18. The molecule has 1 aromatic carbocycles. The van der Waals surface area contributed by atoms with Crippen LogP contribution in [0.4, 0.5) is 5.69 Å². The number of hydrogen-bond acceptors (Lipinski definition) is 3. The van der Waals surface area contributed by atoms with E-state index in [-0.39, 0.29) is 18.3 Å². The van der Waals surface area contributed by atoms with E-state index in [1.54, 1.807) is 6.07 Å². The van der Waals surface area contributed by atoms with Crippen molar-refractivity contribution in [1.29, 1.82) is 0 Å². The summed E-state index contributed by atoms with van der Waals surface area (Å²) in [5.74, 6) is 5.72. The molecule has 4 nitrogen and oxygen atoms in total. The van der Waals surface area contributed by atoms with Crippen LogP contribution in [0.15, 0.2) is 18.2 Å². The molecule has 1 aliphatic rings. The van der Waals surface area contributed by atoms with Crippen molar-refractivity contribution in [3.8, 4) is 11.8 Å². The van der Waals surface area contributed by atoms with Gasteiger partial charge in [0.2, 0.25) is 10.0 Å². The van der Waals surface area contributed by atoms with E-state index in [0.29, 0.717) is 12.2 Å². The van der Waals surface area contributed by atoms with E-state index >= 15 is 0 Å². The van der Waals surface area contributed by atoms with E-state index in [1.165, 1.54) is 4.31 Å². The summed E-state index contributed by atoms with van der Waals surface area (Å²) in [6.45, 7) is 4.14. The van der Waals surface area contributed by atoms with Crippen LogP contribution in [0.3, 0.4) is 0 Å². The van der Waals surface area contributed by atoms with Crippen molar-refractivity contribution in [1.82, 2.24) is 0 Å². The number of benzene rings is 1. The highest BCUT2D eigenvalue weighted by atomic mass is 32.2. The molecule has 0 radical (unpaired) electrons. The molecule has 2 rings (SSSR count). The van der Waals surface area contributed by atoms with Crippen LogP contribution in [0.2, 0.25) is 0 Å². The number of hydrogen-bond donors (Lipinski definition) is 1. The molecule has 0 amide bonds. The van der Waals surface area contributed by atoms with Gasteiger partial charge in [-0.05, 0) is 36.6 Å². The van der Waals surface area contributed by atoms with Crippen LogP contribution in [-0.2, 0) is 10.0 Å². The molecule has 1 aliphatic heterocycles. The zero-order valence-electron chi connectivity index (χ0n) is 11.0. The Morgan fingerprint density at radius 3 is 2.74 bits per heavy atom. The first-order chi connectivity index (χ1) is 8.92. The number of sulfonamides is 1. The second-order valence-electron chi connectivity index (χ2n) is 4.93. The number of aliphatic hydroxyl groups is 1. The van der Waals surface area contributed by atoms with Gasteiger partial charge in [-0.25, -0.2) is 8.42 Å². The van der Waals surface area contributed by atoms with Gasteiger partial charge < -0.3 is 5.11 Å². The fourth-order valence-corrected chi connectivity index (χ4v) is 4.20. The third-order valence-corrected chi connectivity index (χ3v) is 4.99. The molecule has 1 atom stereocenters. The summed E-state index contributed by atoms with van der Waals surface area (Å²) < 4.78 is 25.6. The normalized spacial score (nSPS) is 21.0. The van der Waals surface area contributed by atoms with Gasteiger partial charge in [0, 0.05) is 12.1 Å². The molecular formula is C14H17NO3S. The number of nitrogens with zero attached hydrogens (tertiary/aromatic N) is 1. The Labute approximate surface area is 114 Å². The van der Waals surface area contributed by atoms with Crippen LogP contribution >= 0.6 is 0 Å². The smallest absolute Gasteiger partial charge is 0.235 e. The Balaban J connectivity index is 2.43. The summed E-state index contributed by atoms with van der Waals surface area (Å²) in [6, 6.07) is 5.48. The number of rotatable bonds is 1. The third-order valence-electron chi connectivity index (χ3n) is 2.97. The zero-order valence-corrected chi connectivity index (χ0v) is 11.9. The zero-order chi connectivity index (χ0) is 14.0. The molecule has 1 N–H and O–H groups in total. The summed E-state index contributed by atoms with van der Waals surface area (Å²) >= 11 is 0. The van der Waals surface area contributed by atoms with Crippen molar-refractivity contribution < 1.29 is 13.5 Å². The molecule has 19 heavy (non-hydrogen) atoms. The molecule has 1 fully saturated rings. The molecule has 1 heterocycles. The highest BCUT2D eigenvalue weighted by molar-refractivity contribution is 7.93. The fraction of sp³-hybridized carbons (Fsp3) is 0.429. The van der Waals surface area contributed by atoms with E-state index in [4.69, 9.17) is 5.11 Å². The highest BCUT2D eigenvalue weighted by Crippen LogP contribution is 2.28. The van der Waals surface area contributed by atoms with E-state index in [2.05, 4.69) is 11.8 Å². The minimum Gasteiger partial charge on any atom is -0.384 e. The highest BCUT2D eigenvalue weighted by Gasteiger charge is 2.33. The number of anilines is 1. The van der Waals surface area contributed by atoms with Gasteiger partial charge in [-0.3, -0.25) is 4.31 Å². The Bertz CT molecular complexity index is 640.